The first-order valence-electron chi connectivity index (χ1n) is 7.05. The number of rotatable bonds is 4. The van der Waals surface area contributed by atoms with E-state index < -0.39 is 12.6 Å². The number of hydrogen-bond donors (Lipinski definition) is 2. The molecule has 1 aromatic heterocycles. The minimum atomic E-state index is -4.21. The summed E-state index contributed by atoms with van der Waals surface area (Å²) < 4.78 is 38.1. The quantitative estimate of drug-likeness (QED) is 0.848. The third-order valence-corrected chi connectivity index (χ3v) is 3.47. The van der Waals surface area contributed by atoms with E-state index in [9.17, 15) is 18.0 Å². The number of aryl methyl sites for hydroxylation is 2. The van der Waals surface area contributed by atoms with Gasteiger partial charge in [0.25, 0.3) is 5.56 Å². The van der Waals surface area contributed by atoms with Gasteiger partial charge in [0.05, 0.1) is 17.8 Å². The van der Waals surface area contributed by atoms with E-state index in [0.717, 1.165) is 11.1 Å². The lowest BCUT2D eigenvalue weighted by molar-refractivity contribution is -0.131. The molecular weight excluding hydrogens is 307 g/mol. The maximum atomic E-state index is 12.2. The fourth-order valence-corrected chi connectivity index (χ4v) is 2.26. The molecule has 0 aliphatic rings. The molecule has 0 atom stereocenters. The molecule has 7 heteroatoms. The third kappa shape index (κ3) is 4.28. The Morgan fingerprint density at radius 3 is 2.52 bits per heavy atom. The molecule has 0 radical (unpaired) electrons. The van der Waals surface area contributed by atoms with Crippen molar-refractivity contribution in [1.82, 2.24) is 4.57 Å². The van der Waals surface area contributed by atoms with Crippen LogP contribution in [0.1, 0.15) is 12.0 Å². The molecule has 0 fully saturated rings. The summed E-state index contributed by atoms with van der Waals surface area (Å²) in [6, 6.07) is 6.83. The topological polar surface area (TPSA) is 60.0 Å². The maximum absolute atomic E-state index is 12.2. The number of pyridine rings is 1. The molecule has 4 nitrogen and oxygen atoms in total. The average Bonchev–Trinajstić information content (AvgIpc) is 2.45. The van der Waals surface area contributed by atoms with Gasteiger partial charge in [-0.1, -0.05) is 6.07 Å². The first kappa shape index (κ1) is 16.9. The molecule has 124 valence electrons. The molecule has 23 heavy (non-hydrogen) atoms. The predicted octanol–water partition coefficient (Wildman–Crippen LogP) is 3.31. The van der Waals surface area contributed by atoms with Gasteiger partial charge in [-0.05, 0) is 36.2 Å². The van der Waals surface area contributed by atoms with Crippen LogP contribution < -0.4 is 16.6 Å². The summed E-state index contributed by atoms with van der Waals surface area (Å²) in [5, 5.41) is 2.71. The van der Waals surface area contributed by atoms with Gasteiger partial charge in [0.15, 0.2) is 0 Å². The summed E-state index contributed by atoms with van der Waals surface area (Å²) in [5.41, 5.74) is 8.68. The first-order chi connectivity index (χ1) is 10.7. The van der Waals surface area contributed by atoms with E-state index in [1.807, 2.05) is 0 Å². The van der Waals surface area contributed by atoms with Gasteiger partial charge in [0.2, 0.25) is 0 Å². The van der Waals surface area contributed by atoms with Gasteiger partial charge in [0.1, 0.15) is 0 Å². The van der Waals surface area contributed by atoms with Crippen molar-refractivity contribution < 1.29 is 13.2 Å². The van der Waals surface area contributed by atoms with Gasteiger partial charge < -0.3 is 15.6 Å². The Bertz CT molecular complexity index is 740. The SMILES string of the molecule is Cc1cc(-c2ccc(N)c(NCCC(F)(F)F)c2)cn(C)c1=O. The van der Waals surface area contributed by atoms with Gasteiger partial charge in [-0.2, -0.15) is 13.2 Å². The van der Waals surface area contributed by atoms with Gasteiger partial charge in [-0.25, -0.2) is 0 Å². The molecule has 3 N–H and O–H groups in total. The van der Waals surface area contributed by atoms with Crippen molar-refractivity contribution in [3.05, 3.63) is 46.4 Å². The van der Waals surface area contributed by atoms with Gasteiger partial charge in [-0.3, -0.25) is 4.79 Å². The second-order valence-corrected chi connectivity index (χ2v) is 5.42. The number of nitrogen functional groups attached to an aromatic ring is 1. The molecule has 2 aromatic rings. The highest BCUT2D eigenvalue weighted by Gasteiger charge is 2.26. The number of hydrogen-bond acceptors (Lipinski definition) is 3. The molecule has 0 amide bonds. The van der Waals surface area contributed by atoms with Crippen molar-refractivity contribution in [2.24, 2.45) is 7.05 Å². The molecule has 2 rings (SSSR count). The predicted molar refractivity (Wildman–Crippen MR) is 85.4 cm³/mol. The van der Waals surface area contributed by atoms with Crippen LogP contribution in [0.5, 0.6) is 0 Å². The Balaban J connectivity index is 2.28. The number of nitrogens with zero attached hydrogens (tertiary/aromatic N) is 1. The summed E-state index contributed by atoms with van der Waals surface area (Å²) in [5.74, 6) is 0. The summed E-state index contributed by atoms with van der Waals surface area (Å²) in [4.78, 5) is 11.7. The number of aromatic nitrogens is 1. The molecule has 0 saturated carbocycles. The monoisotopic (exact) mass is 325 g/mol. The summed E-state index contributed by atoms with van der Waals surface area (Å²) in [6.45, 7) is 1.47. The Labute approximate surface area is 131 Å². The minimum Gasteiger partial charge on any atom is -0.397 e. The zero-order valence-corrected chi connectivity index (χ0v) is 12.9. The average molecular weight is 325 g/mol. The Kier molecular flexibility index (Phi) is 4.68. The van der Waals surface area contributed by atoms with Crippen LogP contribution in [0.3, 0.4) is 0 Å². The molecule has 0 bridgehead atoms. The normalized spacial score (nSPS) is 11.5. The van der Waals surface area contributed by atoms with Crippen LogP contribution in [0.25, 0.3) is 11.1 Å². The Hall–Kier alpha value is -2.44. The van der Waals surface area contributed by atoms with E-state index >= 15 is 0 Å². The lowest BCUT2D eigenvalue weighted by Crippen LogP contribution is -2.18. The number of benzene rings is 1. The lowest BCUT2D eigenvalue weighted by atomic mass is 10.0. The first-order valence-corrected chi connectivity index (χ1v) is 7.05. The van der Waals surface area contributed by atoms with Crippen molar-refractivity contribution >= 4 is 11.4 Å². The van der Waals surface area contributed by atoms with E-state index in [1.165, 1.54) is 4.57 Å². The summed E-state index contributed by atoms with van der Waals surface area (Å²) in [7, 11) is 1.65. The zero-order chi connectivity index (χ0) is 17.2. The van der Waals surface area contributed by atoms with E-state index in [4.69, 9.17) is 5.73 Å². The van der Waals surface area contributed by atoms with Crippen molar-refractivity contribution in [3.8, 4) is 11.1 Å². The van der Waals surface area contributed by atoms with E-state index in [-0.39, 0.29) is 12.1 Å². The van der Waals surface area contributed by atoms with Crippen LogP contribution in [0.15, 0.2) is 35.3 Å². The standard InChI is InChI=1S/C16H18F3N3O/c1-10-7-12(9-22(2)15(10)23)11-3-4-13(20)14(8-11)21-6-5-16(17,18)19/h3-4,7-9,21H,5-6,20H2,1-2H3. The summed E-state index contributed by atoms with van der Waals surface area (Å²) in [6.07, 6.45) is -3.47. The van der Waals surface area contributed by atoms with E-state index in [1.54, 1.807) is 44.4 Å². The molecule has 0 saturated heterocycles. The van der Waals surface area contributed by atoms with Crippen LogP contribution in [0, 0.1) is 6.92 Å². The lowest BCUT2D eigenvalue weighted by Gasteiger charge is -2.13. The third-order valence-electron chi connectivity index (χ3n) is 3.47. The number of alkyl halides is 3. The smallest absolute Gasteiger partial charge is 0.390 e. The van der Waals surface area contributed by atoms with Crippen molar-refractivity contribution in [2.75, 3.05) is 17.6 Å². The fraction of sp³-hybridized carbons (Fsp3) is 0.312. The molecule has 0 aliphatic heterocycles. The number of nitrogens with one attached hydrogen (secondary N) is 1. The highest BCUT2D eigenvalue weighted by Crippen LogP contribution is 2.28. The molecule has 0 aliphatic carbocycles. The molecule has 0 spiro atoms. The van der Waals surface area contributed by atoms with E-state index in [2.05, 4.69) is 5.32 Å². The highest BCUT2D eigenvalue weighted by molar-refractivity contribution is 5.76. The van der Waals surface area contributed by atoms with Crippen molar-refractivity contribution in [1.29, 1.82) is 0 Å². The number of halogens is 3. The van der Waals surface area contributed by atoms with Crippen LogP contribution >= 0.6 is 0 Å². The maximum Gasteiger partial charge on any atom is 0.390 e. The van der Waals surface area contributed by atoms with Crippen molar-refractivity contribution in [3.63, 3.8) is 0 Å². The second kappa shape index (κ2) is 6.36. The molecule has 0 unspecified atom stereocenters. The van der Waals surface area contributed by atoms with Crippen LogP contribution in [0.2, 0.25) is 0 Å². The summed E-state index contributed by atoms with van der Waals surface area (Å²) >= 11 is 0. The number of nitrogens with two attached hydrogens (primary N) is 1. The van der Waals surface area contributed by atoms with E-state index in [0.29, 0.717) is 16.9 Å². The Morgan fingerprint density at radius 2 is 1.91 bits per heavy atom. The van der Waals surface area contributed by atoms with Crippen LogP contribution in [-0.4, -0.2) is 17.3 Å². The van der Waals surface area contributed by atoms with Gasteiger partial charge in [-0.15, -0.1) is 0 Å². The zero-order valence-electron chi connectivity index (χ0n) is 12.9. The minimum absolute atomic E-state index is 0.0901. The van der Waals surface area contributed by atoms with Gasteiger partial charge >= 0.3 is 6.18 Å². The van der Waals surface area contributed by atoms with Gasteiger partial charge in [0, 0.05) is 25.4 Å². The largest absolute Gasteiger partial charge is 0.397 e. The molecule has 1 heterocycles. The molecular formula is C16H18F3N3O. The number of anilines is 2. The van der Waals surface area contributed by atoms with Crippen LogP contribution in [0.4, 0.5) is 24.5 Å². The highest BCUT2D eigenvalue weighted by atomic mass is 19.4. The second-order valence-electron chi connectivity index (χ2n) is 5.42. The Morgan fingerprint density at radius 1 is 1.22 bits per heavy atom. The fourth-order valence-electron chi connectivity index (χ4n) is 2.26. The molecule has 1 aromatic carbocycles. The van der Waals surface area contributed by atoms with Crippen molar-refractivity contribution in [2.45, 2.75) is 19.5 Å². The van der Waals surface area contributed by atoms with Crippen LogP contribution in [-0.2, 0) is 7.05 Å².